The molecule has 1 aliphatic rings. The van der Waals surface area contributed by atoms with Crippen molar-refractivity contribution in [1.29, 1.82) is 0 Å². The van der Waals surface area contributed by atoms with Gasteiger partial charge in [-0.15, -0.1) is 0 Å². The van der Waals surface area contributed by atoms with Crippen molar-refractivity contribution < 1.29 is 4.74 Å². The van der Waals surface area contributed by atoms with Crippen molar-refractivity contribution in [3.8, 4) is 56.6 Å². The average Bonchev–Trinajstić information content (AvgIpc) is 3.88. The van der Waals surface area contributed by atoms with Crippen LogP contribution in [0, 0.1) is 0 Å². The van der Waals surface area contributed by atoms with Crippen LogP contribution in [0.2, 0.25) is 0 Å². The predicted octanol–water partition coefficient (Wildman–Crippen LogP) is 15.2. The van der Waals surface area contributed by atoms with E-state index in [0.29, 0.717) is 5.82 Å². The SMILES string of the molecule is c1ccc(-c2ccc3c(c2)c2cc(N4c5ccccc5Oc5ccccc54)ccc2n3-c2ccc3c(c2)c2c(-c4ccccc4)nc(-c4ccccc4)nc2n3-c2ccccc2)cc1. The maximum Gasteiger partial charge on any atom is 0.162 e. The number of nitrogens with zero attached hydrogens (tertiary/aromatic N) is 5. The van der Waals surface area contributed by atoms with Crippen molar-refractivity contribution in [2.24, 2.45) is 0 Å². The molecule has 64 heavy (non-hydrogen) atoms. The summed E-state index contributed by atoms with van der Waals surface area (Å²) in [5.41, 5.74) is 14.5. The lowest BCUT2D eigenvalue weighted by atomic mass is 10.0. The van der Waals surface area contributed by atoms with Crippen molar-refractivity contribution in [3.05, 3.63) is 224 Å². The fraction of sp³-hybridized carbons (Fsp3) is 0. The van der Waals surface area contributed by atoms with Gasteiger partial charge in [0.2, 0.25) is 0 Å². The summed E-state index contributed by atoms with van der Waals surface area (Å²) in [4.78, 5) is 13.1. The van der Waals surface area contributed by atoms with E-state index in [4.69, 9.17) is 14.7 Å². The third-order valence-corrected chi connectivity index (χ3v) is 12.5. The zero-order valence-corrected chi connectivity index (χ0v) is 34.5. The highest BCUT2D eigenvalue weighted by atomic mass is 16.5. The van der Waals surface area contributed by atoms with Gasteiger partial charge in [-0.1, -0.05) is 140 Å². The largest absolute Gasteiger partial charge is 0.453 e. The van der Waals surface area contributed by atoms with Crippen molar-refractivity contribution in [2.45, 2.75) is 0 Å². The molecule has 3 aromatic heterocycles. The van der Waals surface area contributed by atoms with Gasteiger partial charge in [0.1, 0.15) is 5.65 Å². The van der Waals surface area contributed by atoms with Gasteiger partial charge in [0.05, 0.1) is 39.0 Å². The van der Waals surface area contributed by atoms with E-state index in [1.54, 1.807) is 0 Å². The molecule has 0 fully saturated rings. The lowest BCUT2D eigenvalue weighted by Crippen LogP contribution is -2.15. The van der Waals surface area contributed by atoms with Gasteiger partial charge in [0, 0.05) is 44.3 Å². The van der Waals surface area contributed by atoms with E-state index >= 15 is 0 Å². The van der Waals surface area contributed by atoms with Gasteiger partial charge in [0.25, 0.3) is 0 Å². The Morgan fingerprint density at radius 3 is 1.53 bits per heavy atom. The first-order valence-electron chi connectivity index (χ1n) is 21.6. The van der Waals surface area contributed by atoms with Gasteiger partial charge in [-0.3, -0.25) is 4.57 Å². The Balaban J connectivity index is 1.09. The maximum atomic E-state index is 6.42. The molecule has 6 heteroatoms. The van der Waals surface area contributed by atoms with Crippen LogP contribution in [-0.4, -0.2) is 19.1 Å². The van der Waals surface area contributed by atoms with Gasteiger partial charge in [-0.05, 0) is 96.1 Å². The fourth-order valence-corrected chi connectivity index (χ4v) is 9.61. The molecule has 0 saturated carbocycles. The molecular formula is C58H37N5O. The molecule has 1 aliphatic heterocycles. The van der Waals surface area contributed by atoms with Gasteiger partial charge < -0.3 is 14.2 Å². The minimum absolute atomic E-state index is 0.685. The number of fused-ring (bicyclic) bond motifs is 8. The van der Waals surface area contributed by atoms with E-state index in [2.05, 4.69) is 196 Å². The fourth-order valence-electron chi connectivity index (χ4n) is 9.61. The lowest BCUT2D eigenvalue weighted by molar-refractivity contribution is 0.477. The number of hydrogen-bond acceptors (Lipinski definition) is 4. The molecular weight excluding hydrogens is 783 g/mol. The number of ether oxygens (including phenoxy) is 1. The zero-order valence-electron chi connectivity index (χ0n) is 34.5. The van der Waals surface area contributed by atoms with Crippen LogP contribution in [0.1, 0.15) is 0 Å². The van der Waals surface area contributed by atoms with Gasteiger partial charge in [0.15, 0.2) is 17.3 Å². The van der Waals surface area contributed by atoms with Crippen LogP contribution in [0.4, 0.5) is 17.1 Å². The van der Waals surface area contributed by atoms with E-state index in [1.165, 1.54) is 16.5 Å². The molecule has 0 aliphatic carbocycles. The molecule has 0 N–H and O–H groups in total. The van der Waals surface area contributed by atoms with E-state index in [-0.39, 0.29) is 0 Å². The Hall–Kier alpha value is -8.74. The molecule has 0 spiro atoms. The molecule has 300 valence electrons. The minimum Gasteiger partial charge on any atom is -0.453 e. The molecule has 9 aromatic carbocycles. The first-order chi connectivity index (χ1) is 31.7. The summed E-state index contributed by atoms with van der Waals surface area (Å²) in [7, 11) is 0. The second-order valence-corrected chi connectivity index (χ2v) is 16.2. The standard InChI is InChI=1S/C58H37N5O/c1-5-17-38(18-6-1)41-29-32-48-45(35-41)46-36-43(62-51-25-13-15-27-53(51)64-54-28-16-14-26-52(54)62)30-33-49(46)61(48)44-31-34-50-47(37-44)55-56(39-19-7-2-8-20-39)59-57(40-21-9-3-10-22-40)60-58(55)63(50)42-23-11-4-12-24-42/h1-37H. The van der Waals surface area contributed by atoms with Crippen molar-refractivity contribution in [1.82, 2.24) is 19.1 Å². The first-order valence-corrected chi connectivity index (χ1v) is 21.6. The number of hydrogen-bond donors (Lipinski definition) is 0. The molecule has 0 radical (unpaired) electrons. The van der Waals surface area contributed by atoms with E-state index < -0.39 is 0 Å². The van der Waals surface area contributed by atoms with Crippen LogP contribution in [0.3, 0.4) is 0 Å². The van der Waals surface area contributed by atoms with Crippen LogP contribution in [0.5, 0.6) is 11.5 Å². The molecule has 0 saturated heterocycles. The number of aromatic nitrogens is 4. The van der Waals surface area contributed by atoms with Crippen LogP contribution in [0.15, 0.2) is 224 Å². The maximum absolute atomic E-state index is 6.42. The molecule has 6 nitrogen and oxygen atoms in total. The number of benzene rings is 9. The van der Waals surface area contributed by atoms with Crippen LogP contribution < -0.4 is 9.64 Å². The topological polar surface area (TPSA) is 48.1 Å². The molecule has 0 amide bonds. The van der Waals surface area contributed by atoms with E-state index in [0.717, 1.165) is 95.1 Å². The summed E-state index contributed by atoms with van der Waals surface area (Å²) in [6.07, 6.45) is 0. The minimum atomic E-state index is 0.685. The summed E-state index contributed by atoms with van der Waals surface area (Å²) in [6.45, 7) is 0. The average molecular weight is 820 g/mol. The first kappa shape index (κ1) is 36.0. The summed E-state index contributed by atoms with van der Waals surface area (Å²) >= 11 is 0. The highest BCUT2D eigenvalue weighted by molar-refractivity contribution is 6.16. The highest BCUT2D eigenvalue weighted by Gasteiger charge is 2.27. The van der Waals surface area contributed by atoms with Crippen LogP contribution >= 0.6 is 0 Å². The molecule has 0 bridgehead atoms. The predicted molar refractivity (Wildman–Crippen MR) is 262 cm³/mol. The number of rotatable bonds is 6. The Kier molecular flexibility index (Phi) is 8.11. The molecule has 4 heterocycles. The third kappa shape index (κ3) is 5.66. The van der Waals surface area contributed by atoms with Crippen LogP contribution in [-0.2, 0) is 0 Å². The summed E-state index contributed by atoms with van der Waals surface area (Å²) < 4.78 is 11.1. The van der Waals surface area contributed by atoms with Crippen molar-refractivity contribution in [2.75, 3.05) is 4.90 Å². The second kappa shape index (κ2) is 14.4. The van der Waals surface area contributed by atoms with Crippen molar-refractivity contribution >= 4 is 60.8 Å². The number of anilines is 3. The molecule has 13 rings (SSSR count). The number of para-hydroxylation sites is 5. The summed E-state index contributed by atoms with van der Waals surface area (Å²) in [5, 5.41) is 4.40. The Morgan fingerprint density at radius 1 is 0.344 bits per heavy atom. The second-order valence-electron chi connectivity index (χ2n) is 16.2. The molecule has 0 unspecified atom stereocenters. The van der Waals surface area contributed by atoms with E-state index in [9.17, 15) is 0 Å². The Labute approximate surface area is 369 Å². The third-order valence-electron chi connectivity index (χ3n) is 12.5. The lowest BCUT2D eigenvalue weighted by Gasteiger charge is -2.32. The highest BCUT2D eigenvalue weighted by Crippen LogP contribution is 2.51. The summed E-state index contributed by atoms with van der Waals surface area (Å²) in [6, 6.07) is 79.0. The molecule has 0 atom stereocenters. The smallest absolute Gasteiger partial charge is 0.162 e. The van der Waals surface area contributed by atoms with Crippen molar-refractivity contribution in [3.63, 3.8) is 0 Å². The summed E-state index contributed by atoms with van der Waals surface area (Å²) in [5.74, 6) is 2.34. The molecule has 12 aromatic rings. The Morgan fingerprint density at radius 2 is 0.859 bits per heavy atom. The monoisotopic (exact) mass is 819 g/mol. The zero-order chi connectivity index (χ0) is 42.1. The van der Waals surface area contributed by atoms with Crippen LogP contribution in [0.25, 0.3) is 88.9 Å². The van der Waals surface area contributed by atoms with Gasteiger partial charge >= 0.3 is 0 Å². The Bertz CT molecular complexity index is 3700. The normalized spacial score (nSPS) is 12.2. The van der Waals surface area contributed by atoms with Gasteiger partial charge in [-0.25, -0.2) is 9.97 Å². The quantitative estimate of drug-likeness (QED) is 0.168. The van der Waals surface area contributed by atoms with Gasteiger partial charge in [-0.2, -0.15) is 0 Å². The van der Waals surface area contributed by atoms with E-state index in [1.807, 2.05) is 42.5 Å².